The summed E-state index contributed by atoms with van der Waals surface area (Å²) in [5, 5.41) is 4.42. The molecule has 0 aromatic carbocycles. The van der Waals surface area contributed by atoms with Gasteiger partial charge in [-0.05, 0) is 41.9 Å². The third-order valence-electron chi connectivity index (χ3n) is 2.47. The predicted octanol–water partition coefficient (Wildman–Crippen LogP) is 2.44. The number of aromatic nitrogens is 3. The van der Waals surface area contributed by atoms with Crippen LogP contribution in [-0.2, 0) is 6.54 Å². The average Bonchev–Trinajstić information content (AvgIpc) is 2.72. The molecule has 0 unspecified atom stereocenters. The van der Waals surface area contributed by atoms with Gasteiger partial charge in [-0.25, -0.2) is 0 Å². The van der Waals surface area contributed by atoms with E-state index < -0.39 is 0 Å². The molecule has 0 radical (unpaired) electrons. The van der Waals surface area contributed by atoms with E-state index in [1.165, 1.54) is 0 Å². The van der Waals surface area contributed by atoms with Gasteiger partial charge in [0.05, 0.1) is 12.2 Å². The van der Waals surface area contributed by atoms with Crippen molar-refractivity contribution in [3.63, 3.8) is 0 Å². The van der Waals surface area contributed by atoms with Crippen LogP contribution in [0.5, 0.6) is 0 Å². The topological polar surface area (TPSA) is 39.8 Å². The Kier molecular flexibility index (Phi) is 3.47. The molecule has 0 atom stereocenters. The molecule has 17 heavy (non-hydrogen) atoms. The summed E-state index contributed by atoms with van der Waals surface area (Å²) in [6, 6.07) is 5.56. The summed E-state index contributed by atoms with van der Waals surface area (Å²) in [6.07, 6.45) is 3.71. The van der Waals surface area contributed by atoms with Gasteiger partial charge in [0.1, 0.15) is 0 Å². The molecule has 0 fully saturated rings. The van der Waals surface area contributed by atoms with Crippen LogP contribution in [0.3, 0.4) is 0 Å². The lowest BCUT2D eigenvalue weighted by Crippen LogP contribution is -2.19. The summed E-state index contributed by atoms with van der Waals surface area (Å²) >= 11 is 3.35. The van der Waals surface area contributed by atoms with Crippen LogP contribution in [0, 0.1) is 0 Å². The third kappa shape index (κ3) is 2.85. The Bertz CT molecular complexity index is 571. The molecule has 0 N–H and O–H groups in total. The van der Waals surface area contributed by atoms with Crippen LogP contribution in [0.25, 0.3) is 0 Å². The van der Waals surface area contributed by atoms with Crippen molar-refractivity contribution in [1.29, 1.82) is 0 Å². The minimum Gasteiger partial charge on any atom is -0.308 e. The molecular formula is C12H14BrN3O. The Morgan fingerprint density at radius 1 is 1.35 bits per heavy atom. The SMILES string of the molecule is CC(C)n1ccc(Cn2cc(Br)ccc2=O)n1. The van der Waals surface area contributed by atoms with Crippen LogP contribution < -0.4 is 5.56 Å². The third-order valence-corrected chi connectivity index (χ3v) is 2.94. The summed E-state index contributed by atoms with van der Waals surface area (Å²) in [7, 11) is 0. The lowest BCUT2D eigenvalue weighted by Gasteiger charge is -2.05. The van der Waals surface area contributed by atoms with Crippen molar-refractivity contribution in [2.45, 2.75) is 26.4 Å². The van der Waals surface area contributed by atoms with Crippen molar-refractivity contribution in [3.8, 4) is 0 Å². The standard InChI is InChI=1S/C12H14BrN3O/c1-9(2)16-6-5-11(14-16)8-15-7-10(13)3-4-12(15)17/h3-7,9H,8H2,1-2H3. The predicted molar refractivity (Wildman–Crippen MR) is 70.1 cm³/mol. The van der Waals surface area contributed by atoms with Crippen molar-refractivity contribution in [2.24, 2.45) is 0 Å². The Balaban J connectivity index is 2.25. The molecule has 2 aromatic heterocycles. The lowest BCUT2D eigenvalue weighted by atomic mass is 10.4. The summed E-state index contributed by atoms with van der Waals surface area (Å²) in [4.78, 5) is 11.6. The smallest absolute Gasteiger partial charge is 0.250 e. The number of hydrogen-bond acceptors (Lipinski definition) is 2. The molecule has 0 bridgehead atoms. The zero-order valence-corrected chi connectivity index (χ0v) is 11.4. The van der Waals surface area contributed by atoms with Crippen molar-refractivity contribution < 1.29 is 0 Å². The fraction of sp³-hybridized carbons (Fsp3) is 0.333. The molecule has 0 aliphatic rings. The van der Waals surface area contributed by atoms with Gasteiger partial charge in [-0.3, -0.25) is 9.48 Å². The normalized spacial score (nSPS) is 11.1. The monoisotopic (exact) mass is 295 g/mol. The molecule has 0 saturated carbocycles. The number of rotatable bonds is 3. The highest BCUT2D eigenvalue weighted by molar-refractivity contribution is 9.10. The highest BCUT2D eigenvalue weighted by atomic mass is 79.9. The van der Waals surface area contributed by atoms with Crippen molar-refractivity contribution in [1.82, 2.24) is 14.3 Å². The first-order chi connectivity index (χ1) is 8.06. The maximum atomic E-state index is 11.6. The number of nitrogens with zero attached hydrogens (tertiary/aromatic N) is 3. The van der Waals surface area contributed by atoms with Gasteiger partial charge >= 0.3 is 0 Å². The highest BCUT2D eigenvalue weighted by Gasteiger charge is 2.04. The molecule has 2 rings (SSSR count). The van der Waals surface area contributed by atoms with Crippen LogP contribution in [0.2, 0.25) is 0 Å². The molecule has 0 saturated heterocycles. The van der Waals surface area contributed by atoms with Gasteiger partial charge in [-0.1, -0.05) is 0 Å². The van der Waals surface area contributed by atoms with Crippen LogP contribution in [0.1, 0.15) is 25.6 Å². The number of hydrogen-bond donors (Lipinski definition) is 0. The van der Waals surface area contributed by atoms with Crippen LogP contribution in [0.4, 0.5) is 0 Å². The van der Waals surface area contributed by atoms with E-state index in [-0.39, 0.29) is 5.56 Å². The van der Waals surface area contributed by atoms with E-state index in [4.69, 9.17) is 0 Å². The molecule has 0 spiro atoms. The minimum absolute atomic E-state index is 0.0210. The summed E-state index contributed by atoms with van der Waals surface area (Å²) in [5.41, 5.74) is 0.867. The molecule has 4 nitrogen and oxygen atoms in total. The van der Waals surface area contributed by atoms with Gasteiger partial charge in [-0.2, -0.15) is 5.10 Å². The zero-order valence-electron chi connectivity index (χ0n) is 9.80. The first kappa shape index (κ1) is 12.1. The van der Waals surface area contributed by atoms with E-state index >= 15 is 0 Å². The Hall–Kier alpha value is -1.36. The second-order valence-electron chi connectivity index (χ2n) is 4.19. The fourth-order valence-electron chi connectivity index (χ4n) is 1.55. The first-order valence-electron chi connectivity index (χ1n) is 5.46. The van der Waals surface area contributed by atoms with E-state index in [1.807, 2.05) is 16.9 Å². The van der Waals surface area contributed by atoms with E-state index in [0.717, 1.165) is 10.2 Å². The Morgan fingerprint density at radius 2 is 2.12 bits per heavy atom. The highest BCUT2D eigenvalue weighted by Crippen LogP contribution is 2.08. The van der Waals surface area contributed by atoms with Gasteiger partial charge in [-0.15, -0.1) is 0 Å². The lowest BCUT2D eigenvalue weighted by molar-refractivity contribution is 0.523. The molecule has 0 aliphatic heterocycles. The Labute approximate surface area is 108 Å². The van der Waals surface area contributed by atoms with E-state index in [2.05, 4.69) is 34.9 Å². The molecular weight excluding hydrogens is 282 g/mol. The van der Waals surface area contributed by atoms with Crippen LogP contribution in [0.15, 0.2) is 39.9 Å². The number of pyridine rings is 1. The van der Waals surface area contributed by atoms with Gasteiger partial charge < -0.3 is 4.57 Å². The second kappa shape index (κ2) is 4.87. The summed E-state index contributed by atoms with van der Waals surface area (Å²) in [6.45, 7) is 4.64. The van der Waals surface area contributed by atoms with Gasteiger partial charge in [0.2, 0.25) is 0 Å². The minimum atomic E-state index is -0.0210. The van der Waals surface area contributed by atoms with Gasteiger partial charge in [0.15, 0.2) is 0 Å². The summed E-state index contributed by atoms with van der Waals surface area (Å²) in [5.74, 6) is 0. The van der Waals surface area contributed by atoms with Crippen molar-refractivity contribution in [2.75, 3.05) is 0 Å². The fourth-order valence-corrected chi connectivity index (χ4v) is 1.93. The number of halogens is 1. The molecule has 2 aromatic rings. The van der Waals surface area contributed by atoms with E-state index in [1.54, 1.807) is 22.9 Å². The Morgan fingerprint density at radius 3 is 2.76 bits per heavy atom. The quantitative estimate of drug-likeness (QED) is 0.872. The summed E-state index contributed by atoms with van der Waals surface area (Å²) < 4.78 is 4.41. The van der Waals surface area contributed by atoms with Gasteiger partial charge in [0, 0.05) is 29.0 Å². The maximum absolute atomic E-state index is 11.6. The van der Waals surface area contributed by atoms with E-state index in [9.17, 15) is 4.79 Å². The molecule has 90 valence electrons. The largest absolute Gasteiger partial charge is 0.308 e. The van der Waals surface area contributed by atoms with Crippen LogP contribution in [-0.4, -0.2) is 14.3 Å². The van der Waals surface area contributed by atoms with Crippen LogP contribution >= 0.6 is 15.9 Å². The van der Waals surface area contributed by atoms with Crippen molar-refractivity contribution in [3.05, 3.63) is 51.1 Å². The average molecular weight is 296 g/mol. The van der Waals surface area contributed by atoms with Gasteiger partial charge in [0.25, 0.3) is 5.56 Å². The van der Waals surface area contributed by atoms with Crippen molar-refractivity contribution >= 4 is 15.9 Å². The zero-order chi connectivity index (χ0) is 12.4. The molecule has 0 aliphatic carbocycles. The maximum Gasteiger partial charge on any atom is 0.250 e. The second-order valence-corrected chi connectivity index (χ2v) is 5.11. The van der Waals surface area contributed by atoms with E-state index in [0.29, 0.717) is 12.6 Å². The molecule has 0 amide bonds. The first-order valence-corrected chi connectivity index (χ1v) is 6.25. The molecule has 2 heterocycles. The molecule has 5 heteroatoms.